The molecule has 2 aromatic heterocycles. The largest absolute Gasteiger partial charge is 0.480 e. The summed E-state index contributed by atoms with van der Waals surface area (Å²) >= 11 is 0. The Kier molecular flexibility index (Phi) is 9.15. The molecule has 2 N–H and O–H groups in total. The molecule has 2 amide bonds. The lowest BCUT2D eigenvalue weighted by Crippen LogP contribution is -2.48. The van der Waals surface area contributed by atoms with E-state index in [0.29, 0.717) is 41.5 Å². The molecule has 1 aliphatic carbocycles. The molecule has 0 bridgehead atoms. The van der Waals surface area contributed by atoms with Gasteiger partial charge in [0.1, 0.15) is 11.6 Å². The molecule has 230 valence electrons. The predicted molar refractivity (Wildman–Crippen MR) is 167 cm³/mol. The SMILES string of the molecule is CC(C)(C)OC(=O)NCC(=O)c1cc(-c2ccc(C#CC#CC3CC3C(=O)N3CCCCC3C(=O)O)cc2)nc2ccncc12. The number of rotatable bonds is 6. The number of pyridine rings is 2. The van der Waals surface area contributed by atoms with E-state index < -0.39 is 23.7 Å². The third kappa shape index (κ3) is 7.84. The number of fused-ring (bicyclic) bond motifs is 1. The van der Waals surface area contributed by atoms with E-state index in [1.165, 1.54) is 4.90 Å². The van der Waals surface area contributed by atoms with Crippen LogP contribution in [0.1, 0.15) is 62.4 Å². The van der Waals surface area contributed by atoms with Gasteiger partial charge in [-0.25, -0.2) is 14.6 Å². The van der Waals surface area contributed by atoms with Crippen molar-refractivity contribution < 1.29 is 29.0 Å². The number of piperidine rings is 1. The fourth-order valence-corrected chi connectivity index (χ4v) is 5.26. The van der Waals surface area contributed by atoms with Crippen LogP contribution in [-0.4, -0.2) is 68.5 Å². The first-order chi connectivity index (χ1) is 21.5. The first-order valence-electron chi connectivity index (χ1n) is 14.9. The molecule has 3 aromatic rings. The van der Waals surface area contributed by atoms with Crippen molar-refractivity contribution in [1.82, 2.24) is 20.2 Å². The van der Waals surface area contributed by atoms with Crippen LogP contribution in [0.5, 0.6) is 0 Å². The Morgan fingerprint density at radius 1 is 1.09 bits per heavy atom. The van der Waals surface area contributed by atoms with Gasteiger partial charge in [0.05, 0.1) is 23.7 Å². The second kappa shape index (κ2) is 13.2. The van der Waals surface area contributed by atoms with Crippen molar-refractivity contribution in [3.05, 3.63) is 59.9 Å². The third-order valence-electron chi connectivity index (χ3n) is 7.59. The molecule has 3 unspecified atom stereocenters. The highest BCUT2D eigenvalue weighted by Crippen LogP contribution is 2.40. The maximum atomic E-state index is 13.1. The lowest BCUT2D eigenvalue weighted by Gasteiger charge is -2.33. The summed E-state index contributed by atoms with van der Waals surface area (Å²) in [5.41, 5.74) is 2.39. The van der Waals surface area contributed by atoms with Gasteiger partial charge in [0, 0.05) is 46.9 Å². The normalized spacial score (nSPS) is 18.9. The molecule has 1 aliphatic heterocycles. The molecule has 5 rings (SSSR count). The number of aliphatic carboxylic acids is 1. The highest BCUT2D eigenvalue weighted by Gasteiger charge is 2.46. The maximum absolute atomic E-state index is 13.1. The number of hydrogen-bond acceptors (Lipinski definition) is 7. The minimum absolute atomic E-state index is 0.101. The number of benzene rings is 1. The summed E-state index contributed by atoms with van der Waals surface area (Å²) in [7, 11) is 0. The Balaban J connectivity index is 1.24. The number of carboxylic acid groups (broad SMARTS) is 1. The van der Waals surface area contributed by atoms with Crippen LogP contribution in [0.2, 0.25) is 0 Å². The van der Waals surface area contributed by atoms with Crippen molar-refractivity contribution in [3.63, 3.8) is 0 Å². The number of likely N-dealkylation sites (tertiary alicyclic amines) is 1. The molecule has 1 saturated carbocycles. The monoisotopic (exact) mass is 606 g/mol. The van der Waals surface area contributed by atoms with Crippen molar-refractivity contribution in [1.29, 1.82) is 0 Å². The van der Waals surface area contributed by atoms with Crippen LogP contribution >= 0.6 is 0 Å². The number of carbonyl (C=O) groups is 4. The van der Waals surface area contributed by atoms with Crippen molar-refractivity contribution in [2.24, 2.45) is 11.8 Å². The molecule has 3 atom stereocenters. The van der Waals surface area contributed by atoms with Crippen molar-refractivity contribution >= 4 is 34.7 Å². The van der Waals surface area contributed by atoms with E-state index >= 15 is 0 Å². The first kappa shape index (κ1) is 31.2. The van der Waals surface area contributed by atoms with Gasteiger partial charge in [0.25, 0.3) is 0 Å². The lowest BCUT2D eigenvalue weighted by molar-refractivity contribution is -0.152. The Morgan fingerprint density at radius 2 is 1.87 bits per heavy atom. The van der Waals surface area contributed by atoms with Crippen LogP contribution in [0, 0.1) is 35.5 Å². The van der Waals surface area contributed by atoms with Crippen molar-refractivity contribution in [2.75, 3.05) is 13.1 Å². The summed E-state index contributed by atoms with van der Waals surface area (Å²) in [5.74, 6) is 10.0. The van der Waals surface area contributed by atoms with E-state index in [-0.39, 0.29) is 30.1 Å². The number of aromatic nitrogens is 2. The Bertz CT molecular complexity index is 1770. The number of carbonyl (C=O) groups excluding carboxylic acids is 3. The number of alkyl carbamates (subject to hydrolysis) is 1. The number of ketones is 1. The topological polar surface area (TPSA) is 139 Å². The number of ether oxygens (including phenoxy) is 1. The Morgan fingerprint density at radius 3 is 2.60 bits per heavy atom. The number of nitrogens with one attached hydrogen (secondary N) is 1. The number of Topliss-reactive ketones (excluding diaryl/α,β-unsaturated/α-hetero) is 1. The van der Waals surface area contributed by atoms with E-state index in [9.17, 15) is 24.3 Å². The molecule has 1 saturated heterocycles. The van der Waals surface area contributed by atoms with Gasteiger partial charge >= 0.3 is 12.1 Å². The zero-order valence-electron chi connectivity index (χ0n) is 25.4. The average molecular weight is 607 g/mol. The van der Waals surface area contributed by atoms with E-state index in [2.05, 4.69) is 34.0 Å². The van der Waals surface area contributed by atoms with E-state index in [1.54, 1.807) is 45.3 Å². The molecule has 0 radical (unpaired) electrons. The highest BCUT2D eigenvalue weighted by atomic mass is 16.6. The number of carboxylic acids is 1. The standard InChI is InChI=1S/C35H34N4O6/c1-35(2,3)45-34(44)37-21-31(40)26-19-29(38-28-15-16-36-20-27(26)28)23-13-11-22(12-14-23)8-4-5-9-24-18-25(24)32(41)39-17-7-6-10-30(39)33(42)43/h11-16,19-20,24-25,30H,6-7,10,17-18,21H2,1-3H3,(H,37,44)(H,42,43). The quantitative estimate of drug-likeness (QED) is 0.310. The summed E-state index contributed by atoms with van der Waals surface area (Å²) in [6, 6.07) is 10.0. The maximum Gasteiger partial charge on any atom is 0.408 e. The van der Waals surface area contributed by atoms with Crippen LogP contribution in [-0.2, 0) is 14.3 Å². The fourth-order valence-electron chi connectivity index (χ4n) is 5.26. The minimum atomic E-state index is -0.946. The molecule has 10 nitrogen and oxygen atoms in total. The van der Waals surface area contributed by atoms with Crippen molar-refractivity contribution in [2.45, 2.75) is 58.1 Å². The summed E-state index contributed by atoms with van der Waals surface area (Å²) in [6.45, 7) is 5.48. The van der Waals surface area contributed by atoms with Crippen LogP contribution in [0.15, 0.2) is 48.8 Å². The van der Waals surface area contributed by atoms with Gasteiger partial charge in [-0.15, -0.1) is 0 Å². The summed E-state index contributed by atoms with van der Waals surface area (Å²) in [6.07, 6.45) is 5.27. The molecule has 2 fully saturated rings. The molecule has 1 aromatic carbocycles. The summed E-state index contributed by atoms with van der Waals surface area (Å²) in [4.78, 5) is 59.9. The zero-order valence-corrected chi connectivity index (χ0v) is 25.4. The number of amides is 2. The second-order valence-corrected chi connectivity index (χ2v) is 12.2. The molecular formula is C35H34N4O6. The molecule has 2 aliphatic rings. The van der Waals surface area contributed by atoms with Gasteiger partial charge in [0.15, 0.2) is 5.78 Å². The number of hydrogen-bond donors (Lipinski definition) is 2. The van der Waals surface area contributed by atoms with Gasteiger partial charge in [-0.2, -0.15) is 0 Å². The van der Waals surface area contributed by atoms with Crippen molar-refractivity contribution in [3.8, 4) is 34.9 Å². The van der Waals surface area contributed by atoms with Crippen LogP contribution in [0.25, 0.3) is 22.2 Å². The average Bonchev–Trinajstić information content (AvgIpc) is 3.80. The van der Waals surface area contributed by atoms with Gasteiger partial charge < -0.3 is 20.1 Å². The third-order valence-corrected chi connectivity index (χ3v) is 7.59. The van der Waals surface area contributed by atoms with Gasteiger partial charge in [-0.3, -0.25) is 14.6 Å². The highest BCUT2D eigenvalue weighted by molar-refractivity contribution is 6.09. The Labute approximate surface area is 261 Å². The second-order valence-electron chi connectivity index (χ2n) is 12.2. The first-order valence-corrected chi connectivity index (χ1v) is 14.9. The van der Waals surface area contributed by atoms with Gasteiger partial charge in [-0.05, 0) is 82.6 Å². The van der Waals surface area contributed by atoms with Crippen LogP contribution in [0.3, 0.4) is 0 Å². The van der Waals surface area contributed by atoms with E-state index in [1.807, 2.05) is 24.3 Å². The molecule has 10 heteroatoms. The van der Waals surface area contributed by atoms with E-state index in [4.69, 9.17) is 9.72 Å². The predicted octanol–water partition coefficient (Wildman–Crippen LogP) is 4.46. The smallest absolute Gasteiger partial charge is 0.408 e. The van der Waals surface area contributed by atoms with Gasteiger partial charge in [0.2, 0.25) is 5.91 Å². The Hall–Kier alpha value is -5.22. The fraction of sp³-hybridized carbons (Fsp3) is 0.371. The molecule has 3 heterocycles. The summed E-state index contributed by atoms with van der Waals surface area (Å²) in [5, 5.41) is 12.5. The molecular weight excluding hydrogens is 572 g/mol. The van der Waals surface area contributed by atoms with Crippen LogP contribution < -0.4 is 5.32 Å². The van der Waals surface area contributed by atoms with Gasteiger partial charge in [-0.1, -0.05) is 24.0 Å². The van der Waals surface area contributed by atoms with Crippen LogP contribution in [0.4, 0.5) is 4.79 Å². The molecule has 45 heavy (non-hydrogen) atoms. The summed E-state index contributed by atoms with van der Waals surface area (Å²) < 4.78 is 5.23. The zero-order chi connectivity index (χ0) is 32.1. The lowest BCUT2D eigenvalue weighted by atomic mass is 10.0. The van der Waals surface area contributed by atoms with E-state index in [0.717, 1.165) is 24.0 Å². The number of nitrogens with zero attached hydrogens (tertiary/aromatic N) is 3. The molecule has 0 spiro atoms. The minimum Gasteiger partial charge on any atom is -0.480 e.